The highest BCUT2D eigenvalue weighted by atomic mass is 16.5. The molecule has 1 aromatic heterocycles. The molecule has 0 spiro atoms. The number of imide groups is 1. The molecule has 3 N–H and O–H groups in total. The van der Waals surface area contributed by atoms with E-state index in [0.717, 1.165) is 0 Å². The van der Waals surface area contributed by atoms with Crippen LogP contribution in [0.15, 0.2) is 4.52 Å². The molecule has 18 heavy (non-hydrogen) atoms. The van der Waals surface area contributed by atoms with Gasteiger partial charge in [0.15, 0.2) is 5.82 Å². The molecule has 0 radical (unpaired) electrons. The maximum absolute atomic E-state index is 11.2. The van der Waals surface area contributed by atoms with Crippen LogP contribution in [0.2, 0.25) is 0 Å². The van der Waals surface area contributed by atoms with Crippen LogP contribution in [0.5, 0.6) is 0 Å². The summed E-state index contributed by atoms with van der Waals surface area (Å²) in [6, 6.07) is -0.749. The van der Waals surface area contributed by atoms with E-state index < -0.39 is 17.9 Å². The lowest BCUT2D eigenvalue weighted by Crippen LogP contribution is -2.39. The third-order valence-corrected chi connectivity index (χ3v) is 1.79. The fourth-order valence-corrected chi connectivity index (χ4v) is 1.02. The molecule has 0 aliphatic heterocycles. The Bertz CT molecular complexity index is 456. The Kier molecular flexibility index (Phi) is 4.78. The van der Waals surface area contributed by atoms with Crippen LogP contribution >= 0.6 is 0 Å². The maximum atomic E-state index is 11.2. The average molecular weight is 256 g/mol. The van der Waals surface area contributed by atoms with Gasteiger partial charge in [-0.05, 0) is 6.92 Å². The van der Waals surface area contributed by atoms with Crippen molar-refractivity contribution in [2.24, 2.45) is 0 Å². The number of aryl methyl sites for hydroxylation is 1. The van der Waals surface area contributed by atoms with E-state index in [1.165, 1.54) is 0 Å². The van der Waals surface area contributed by atoms with Crippen LogP contribution in [-0.4, -0.2) is 33.2 Å². The normalized spacial score (nSPS) is 9.83. The number of urea groups is 1. The lowest BCUT2D eigenvalue weighted by atomic mass is 10.3. The first kappa shape index (κ1) is 13.6. The quantitative estimate of drug-likeness (QED) is 0.650. The van der Waals surface area contributed by atoms with Crippen molar-refractivity contribution < 1.29 is 24.0 Å². The molecule has 0 saturated carbocycles. The Morgan fingerprint density at radius 1 is 1.33 bits per heavy atom. The number of hydrogen-bond acceptors (Lipinski definition) is 6. The molecule has 9 nitrogen and oxygen atoms in total. The highest BCUT2D eigenvalue weighted by Gasteiger charge is 2.10. The van der Waals surface area contributed by atoms with E-state index in [-0.39, 0.29) is 25.3 Å². The van der Waals surface area contributed by atoms with Gasteiger partial charge in [0.25, 0.3) is 0 Å². The van der Waals surface area contributed by atoms with Crippen LogP contribution in [-0.2, 0) is 16.1 Å². The zero-order valence-corrected chi connectivity index (χ0v) is 9.60. The summed E-state index contributed by atoms with van der Waals surface area (Å²) < 4.78 is 4.73. The lowest BCUT2D eigenvalue weighted by Gasteiger charge is -2.03. The fraction of sp³-hybridized carbons (Fsp3) is 0.444. The van der Waals surface area contributed by atoms with Gasteiger partial charge in [-0.1, -0.05) is 5.16 Å². The summed E-state index contributed by atoms with van der Waals surface area (Å²) in [6.07, 6.45) is -0.593. The van der Waals surface area contributed by atoms with Crippen molar-refractivity contribution in [2.45, 2.75) is 26.3 Å². The van der Waals surface area contributed by atoms with Crippen molar-refractivity contribution in [3.8, 4) is 0 Å². The topological polar surface area (TPSA) is 134 Å². The highest BCUT2D eigenvalue weighted by Crippen LogP contribution is 1.94. The van der Waals surface area contributed by atoms with Crippen LogP contribution in [0.1, 0.15) is 24.6 Å². The number of rotatable bonds is 5. The number of nitrogens with zero attached hydrogens (tertiary/aromatic N) is 2. The molecule has 0 atom stereocenters. The number of carbonyl (C=O) groups is 3. The fourth-order valence-electron chi connectivity index (χ4n) is 1.02. The van der Waals surface area contributed by atoms with Gasteiger partial charge < -0.3 is 14.9 Å². The van der Waals surface area contributed by atoms with Gasteiger partial charge in [0.05, 0.1) is 13.0 Å². The Balaban J connectivity index is 2.25. The molecule has 9 heteroatoms. The van der Waals surface area contributed by atoms with Gasteiger partial charge >= 0.3 is 12.0 Å². The van der Waals surface area contributed by atoms with Gasteiger partial charge in [0, 0.05) is 6.42 Å². The smallest absolute Gasteiger partial charge is 0.321 e. The SMILES string of the molecule is Cc1noc(CNC(=O)NC(=O)CCC(=O)O)n1. The maximum Gasteiger partial charge on any atom is 0.321 e. The number of aliphatic carboxylic acids is 1. The molecule has 0 saturated heterocycles. The number of aromatic nitrogens is 2. The second-order valence-electron chi connectivity index (χ2n) is 3.36. The molecular formula is C9H12N4O5. The number of nitrogens with one attached hydrogen (secondary N) is 2. The molecule has 0 fully saturated rings. The van der Waals surface area contributed by atoms with Crippen LogP contribution < -0.4 is 10.6 Å². The van der Waals surface area contributed by atoms with Gasteiger partial charge in [-0.25, -0.2) is 4.79 Å². The largest absolute Gasteiger partial charge is 0.481 e. The number of carboxylic acids is 1. The van der Waals surface area contributed by atoms with E-state index in [0.29, 0.717) is 5.82 Å². The van der Waals surface area contributed by atoms with Gasteiger partial charge in [-0.2, -0.15) is 4.98 Å². The molecular weight excluding hydrogens is 244 g/mol. The summed E-state index contributed by atoms with van der Waals surface area (Å²) in [5, 5.41) is 16.1. The van der Waals surface area contributed by atoms with Crippen LogP contribution in [0.4, 0.5) is 4.79 Å². The van der Waals surface area contributed by atoms with Gasteiger partial charge in [-0.3, -0.25) is 14.9 Å². The van der Waals surface area contributed by atoms with Gasteiger partial charge in [0.2, 0.25) is 11.8 Å². The predicted molar refractivity (Wildman–Crippen MR) is 56.3 cm³/mol. The molecule has 0 unspecified atom stereocenters. The predicted octanol–water partition coefficient (Wildman–Crippen LogP) is -0.431. The zero-order chi connectivity index (χ0) is 13.5. The van der Waals surface area contributed by atoms with E-state index in [2.05, 4.69) is 15.5 Å². The number of carboxylic acid groups (broad SMARTS) is 1. The van der Waals surface area contributed by atoms with E-state index in [4.69, 9.17) is 9.63 Å². The minimum absolute atomic E-state index is 0.0150. The Morgan fingerprint density at radius 2 is 2.06 bits per heavy atom. The van der Waals surface area contributed by atoms with Gasteiger partial charge in [-0.15, -0.1) is 0 Å². The Morgan fingerprint density at radius 3 is 2.61 bits per heavy atom. The van der Waals surface area contributed by atoms with Gasteiger partial charge in [0.1, 0.15) is 0 Å². The first-order valence-electron chi connectivity index (χ1n) is 5.06. The summed E-state index contributed by atoms with van der Waals surface area (Å²) in [6.45, 7) is 1.61. The molecule has 0 bridgehead atoms. The molecule has 98 valence electrons. The second kappa shape index (κ2) is 6.33. The molecule has 0 aliphatic carbocycles. The third kappa shape index (κ3) is 5.05. The summed E-state index contributed by atoms with van der Waals surface area (Å²) >= 11 is 0. The van der Waals surface area contributed by atoms with E-state index in [1.807, 2.05) is 5.32 Å². The van der Waals surface area contributed by atoms with E-state index >= 15 is 0 Å². The summed E-state index contributed by atoms with van der Waals surface area (Å²) in [5.74, 6) is -1.13. The lowest BCUT2D eigenvalue weighted by molar-refractivity contribution is -0.138. The average Bonchev–Trinajstić information content (AvgIpc) is 2.70. The number of carbonyl (C=O) groups excluding carboxylic acids is 2. The minimum atomic E-state index is -1.10. The monoisotopic (exact) mass is 256 g/mol. The van der Waals surface area contributed by atoms with Crippen LogP contribution in [0.25, 0.3) is 0 Å². The number of amides is 3. The highest BCUT2D eigenvalue weighted by molar-refractivity contribution is 5.95. The second-order valence-corrected chi connectivity index (χ2v) is 3.36. The number of hydrogen-bond donors (Lipinski definition) is 3. The van der Waals surface area contributed by atoms with Crippen molar-refractivity contribution in [3.05, 3.63) is 11.7 Å². The van der Waals surface area contributed by atoms with Crippen molar-refractivity contribution in [1.82, 2.24) is 20.8 Å². The van der Waals surface area contributed by atoms with E-state index in [9.17, 15) is 14.4 Å². The van der Waals surface area contributed by atoms with E-state index in [1.54, 1.807) is 6.92 Å². The summed E-state index contributed by atoms with van der Waals surface area (Å²) in [4.78, 5) is 36.3. The first-order valence-corrected chi connectivity index (χ1v) is 5.06. The van der Waals surface area contributed by atoms with Crippen molar-refractivity contribution >= 4 is 17.9 Å². The molecule has 0 aliphatic rings. The van der Waals surface area contributed by atoms with Crippen LogP contribution in [0, 0.1) is 6.92 Å². The zero-order valence-electron chi connectivity index (χ0n) is 9.60. The molecule has 1 rings (SSSR count). The van der Waals surface area contributed by atoms with Crippen molar-refractivity contribution in [1.29, 1.82) is 0 Å². The van der Waals surface area contributed by atoms with Crippen LogP contribution in [0.3, 0.4) is 0 Å². The molecule has 3 amide bonds. The summed E-state index contributed by atoms with van der Waals surface area (Å²) in [5.41, 5.74) is 0. The molecule has 0 aromatic carbocycles. The Labute approximate surface area is 102 Å². The minimum Gasteiger partial charge on any atom is -0.481 e. The van der Waals surface area contributed by atoms with Crippen molar-refractivity contribution in [2.75, 3.05) is 0 Å². The van der Waals surface area contributed by atoms with Crippen molar-refractivity contribution in [3.63, 3.8) is 0 Å². The summed E-state index contributed by atoms with van der Waals surface area (Å²) in [7, 11) is 0. The first-order chi connectivity index (χ1) is 8.47. The standard InChI is InChI=1S/C9H12N4O5/c1-5-11-7(18-13-5)4-10-9(17)12-6(14)2-3-8(15)16/h2-4H2,1H3,(H,15,16)(H2,10,12,14,17). The molecule has 1 aromatic rings. The Hall–Kier alpha value is -2.45. The third-order valence-electron chi connectivity index (χ3n) is 1.79. The molecule has 1 heterocycles.